The Bertz CT molecular complexity index is 1440. The van der Waals surface area contributed by atoms with Crippen LogP contribution in [0.5, 0.6) is 5.75 Å². The number of rotatable bonds is 12. The Kier molecular flexibility index (Phi) is 18.5. The van der Waals surface area contributed by atoms with E-state index < -0.39 is 0 Å². The second-order valence-electron chi connectivity index (χ2n) is 10.3. The molecule has 1 aliphatic rings. The predicted octanol–water partition coefficient (Wildman–Crippen LogP) is 1.65. The SMILES string of the molecule is CNC(=O)CCCC=O.[CH2-]c1c(C=O)cccc1OCc1ccc(C(CN)N2CCN(c3ccc(C#N)cc3F)CC2)cc1.[CH3-].[Na+]. The fourth-order valence-electron chi connectivity index (χ4n) is 4.90. The molecule has 0 spiro atoms. The Morgan fingerprint density at radius 1 is 1.13 bits per heavy atom. The van der Waals surface area contributed by atoms with E-state index >= 15 is 0 Å². The molecule has 1 fully saturated rings. The first-order valence-corrected chi connectivity index (χ1v) is 14.5. The first-order valence-electron chi connectivity index (χ1n) is 14.5. The molecule has 0 radical (unpaired) electrons. The van der Waals surface area contributed by atoms with Crippen LogP contribution in [-0.4, -0.2) is 63.2 Å². The van der Waals surface area contributed by atoms with Gasteiger partial charge in [-0.1, -0.05) is 42.0 Å². The monoisotopic (exact) mass is 638 g/mol. The van der Waals surface area contributed by atoms with Crippen LogP contribution in [0.1, 0.15) is 57.9 Å². The minimum absolute atomic E-state index is 0. The van der Waals surface area contributed by atoms with Crippen LogP contribution in [-0.2, 0) is 16.2 Å². The number of benzene rings is 3. The van der Waals surface area contributed by atoms with E-state index in [4.69, 9.17) is 15.7 Å². The molecular formula is C35H42FN5NaO4-. The number of nitrogens with one attached hydrogen (secondary N) is 1. The van der Waals surface area contributed by atoms with Crippen molar-refractivity contribution in [1.82, 2.24) is 10.2 Å². The first kappa shape index (κ1) is 40.3. The van der Waals surface area contributed by atoms with Crippen LogP contribution < -0.4 is 50.2 Å². The molecule has 1 amide bonds. The smallest absolute Gasteiger partial charge is 0.546 e. The number of hydrogen-bond acceptors (Lipinski definition) is 8. The van der Waals surface area contributed by atoms with Gasteiger partial charge in [-0.3, -0.25) is 9.69 Å². The molecule has 11 heteroatoms. The zero-order valence-electron chi connectivity index (χ0n) is 27.0. The molecule has 1 saturated heterocycles. The van der Waals surface area contributed by atoms with Gasteiger partial charge in [0.2, 0.25) is 5.91 Å². The number of halogens is 1. The summed E-state index contributed by atoms with van der Waals surface area (Å²) in [5, 5.41) is 11.4. The number of carbonyl (C=O) groups is 3. The Labute approximate surface area is 294 Å². The van der Waals surface area contributed by atoms with Crippen LogP contribution in [0.25, 0.3) is 0 Å². The molecule has 4 rings (SSSR count). The summed E-state index contributed by atoms with van der Waals surface area (Å²) in [5.74, 6) is 0.224. The minimum Gasteiger partial charge on any atom is -0.546 e. The van der Waals surface area contributed by atoms with Gasteiger partial charge in [0.05, 0.1) is 30.2 Å². The van der Waals surface area contributed by atoms with Crippen LogP contribution in [0.3, 0.4) is 0 Å². The van der Waals surface area contributed by atoms with E-state index in [2.05, 4.69) is 29.3 Å². The maximum absolute atomic E-state index is 14.4. The summed E-state index contributed by atoms with van der Waals surface area (Å²) in [4.78, 5) is 35.6. The largest absolute Gasteiger partial charge is 1.00 e. The normalized spacial score (nSPS) is 13.0. The van der Waals surface area contributed by atoms with Crippen molar-refractivity contribution in [2.75, 3.05) is 44.7 Å². The van der Waals surface area contributed by atoms with E-state index in [0.29, 0.717) is 73.6 Å². The second kappa shape index (κ2) is 21.1. The van der Waals surface area contributed by atoms with Crippen molar-refractivity contribution < 1.29 is 53.1 Å². The first-order chi connectivity index (χ1) is 21.3. The van der Waals surface area contributed by atoms with Gasteiger partial charge in [0.25, 0.3) is 0 Å². The number of hydrogen-bond donors (Lipinski definition) is 2. The van der Waals surface area contributed by atoms with E-state index in [0.717, 1.165) is 36.8 Å². The molecule has 0 aromatic heterocycles. The van der Waals surface area contributed by atoms with E-state index in [1.807, 2.05) is 23.1 Å². The quantitative estimate of drug-likeness (QED) is 0.133. The van der Waals surface area contributed by atoms with E-state index in [1.165, 1.54) is 6.07 Å². The Morgan fingerprint density at radius 2 is 1.83 bits per heavy atom. The maximum Gasteiger partial charge on any atom is 1.00 e. The molecule has 0 saturated carbocycles. The number of unbranched alkanes of at least 4 members (excludes halogenated alkanes) is 1. The van der Waals surface area contributed by atoms with Gasteiger partial charge in [-0.05, 0) is 35.7 Å². The third kappa shape index (κ3) is 11.6. The van der Waals surface area contributed by atoms with Gasteiger partial charge in [-0.15, -0.1) is 11.6 Å². The number of amides is 1. The summed E-state index contributed by atoms with van der Waals surface area (Å²) >= 11 is 0. The zero-order chi connectivity index (χ0) is 31.9. The topological polar surface area (TPSA) is 129 Å². The van der Waals surface area contributed by atoms with E-state index in [1.54, 1.807) is 37.4 Å². The molecule has 0 aliphatic carbocycles. The summed E-state index contributed by atoms with van der Waals surface area (Å²) in [5.41, 5.74) is 10.2. The van der Waals surface area contributed by atoms with Crippen LogP contribution in [0, 0.1) is 31.5 Å². The van der Waals surface area contributed by atoms with Crippen molar-refractivity contribution >= 4 is 24.2 Å². The maximum atomic E-state index is 14.4. The average Bonchev–Trinajstić information content (AvgIpc) is 3.06. The standard InChI is InChI=1S/C28H28FN4O2.C6H11NO2.CH3.Na/c1-20-24(18-34)3-2-4-28(20)35-19-21-5-8-23(9-6-21)27(17-31)33-13-11-32(12-14-33)26-10-7-22(16-30)15-25(26)29;1-7-6(9)4-2-3-5-8;;/h2-10,15,18,27H,1,11-14,17,19,31H2;5H,2-4H2,1H3,(H,7,9);1H3;/q-1;;-1;+1. The summed E-state index contributed by atoms with van der Waals surface area (Å²) in [7, 11) is 1.59. The Morgan fingerprint density at radius 3 is 2.39 bits per heavy atom. The third-order valence-electron chi connectivity index (χ3n) is 7.46. The van der Waals surface area contributed by atoms with Gasteiger partial charge in [0.15, 0.2) is 0 Å². The number of carbonyl (C=O) groups excluding carboxylic acids is 3. The van der Waals surface area contributed by atoms with Crippen LogP contribution >= 0.6 is 0 Å². The number of ether oxygens (including phenoxy) is 1. The summed E-state index contributed by atoms with van der Waals surface area (Å²) in [6.45, 7) is 7.64. The molecule has 1 atom stereocenters. The number of nitriles is 1. The molecule has 1 aliphatic heterocycles. The fourth-order valence-corrected chi connectivity index (χ4v) is 4.90. The zero-order valence-corrected chi connectivity index (χ0v) is 29.0. The molecular weight excluding hydrogens is 596 g/mol. The number of piperazine rings is 1. The van der Waals surface area contributed by atoms with Gasteiger partial charge in [-0.2, -0.15) is 12.2 Å². The van der Waals surface area contributed by atoms with Crippen molar-refractivity contribution in [1.29, 1.82) is 5.26 Å². The molecule has 240 valence electrons. The van der Waals surface area contributed by atoms with Crippen LogP contribution in [0.2, 0.25) is 0 Å². The Balaban J connectivity index is 0.000000844. The number of nitrogens with two attached hydrogens (primary N) is 1. The average molecular weight is 639 g/mol. The summed E-state index contributed by atoms with van der Waals surface area (Å²) in [6.07, 6.45) is 3.19. The Hall–Kier alpha value is -3.72. The van der Waals surface area contributed by atoms with E-state index in [9.17, 15) is 18.8 Å². The molecule has 3 aromatic rings. The fraction of sp³-hybridized carbons (Fsp3) is 0.314. The molecule has 1 unspecified atom stereocenters. The van der Waals surface area contributed by atoms with Crippen molar-refractivity contribution in [2.45, 2.75) is 31.9 Å². The van der Waals surface area contributed by atoms with Crippen LogP contribution in [0.15, 0.2) is 60.7 Å². The summed E-state index contributed by atoms with van der Waals surface area (Å²) in [6, 6.07) is 20.1. The van der Waals surface area contributed by atoms with Crippen molar-refractivity contribution in [2.24, 2.45) is 5.73 Å². The molecule has 3 N–H and O–H groups in total. The van der Waals surface area contributed by atoms with E-state index in [-0.39, 0.29) is 54.8 Å². The second-order valence-corrected chi connectivity index (χ2v) is 10.3. The van der Waals surface area contributed by atoms with Crippen molar-refractivity contribution in [3.63, 3.8) is 0 Å². The van der Waals surface area contributed by atoms with Crippen molar-refractivity contribution in [3.8, 4) is 11.8 Å². The number of aldehydes is 2. The number of anilines is 1. The predicted molar refractivity (Wildman–Crippen MR) is 174 cm³/mol. The summed E-state index contributed by atoms with van der Waals surface area (Å²) < 4.78 is 20.3. The molecule has 9 nitrogen and oxygen atoms in total. The van der Waals surface area contributed by atoms with Gasteiger partial charge in [-0.25, -0.2) is 4.39 Å². The minimum atomic E-state index is -0.366. The van der Waals surface area contributed by atoms with Gasteiger partial charge in [0, 0.05) is 64.4 Å². The van der Waals surface area contributed by atoms with Crippen molar-refractivity contribution in [3.05, 3.63) is 109 Å². The van der Waals surface area contributed by atoms with Crippen LogP contribution in [0.4, 0.5) is 10.1 Å². The van der Waals surface area contributed by atoms with Gasteiger partial charge >= 0.3 is 29.6 Å². The van der Waals surface area contributed by atoms with Gasteiger partial charge < -0.3 is 37.7 Å². The molecule has 1 heterocycles. The van der Waals surface area contributed by atoms with Gasteiger partial charge in [0.1, 0.15) is 12.1 Å². The molecule has 3 aromatic carbocycles. The third-order valence-corrected chi connectivity index (χ3v) is 7.46. The molecule has 46 heavy (non-hydrogen) atoms. The number of nitrogens with zero attached hydrogens (tertiary/aromatic N) is 3. The molecule has 0 bridgehead atoms.